The summed E-state index contributed by atoms with van der Waals surface area (Å²) in [5.74, 6) is 0.532. The number of carbonyl (C=O) groups excluding carboxylic acids is 1. The van der Waals surface area contributed by atoms with Crippen molar-refractivity contribution in [3.63, 3.8) is 0 Å². The van der Waals surface area contributed by atoms with Gasteiger partial charge in [-0.15, -0.1) is 0 Å². The van der Waals surface area contributed by atoms with E-state index in [1.807, 2.05) is 12.1 Å². The van der Waals surface area contributed by atoms with Crippen molar-refractivity contribution in [2.45, 2.75) is 45.3 Å². The van der Waals surface area contributed by atoms with Crippen molar-refractivity contribution in [1.82, 2.24) is 9.55 Å². The van der Waals surface area contributed by atoms with Crippen molar-refractivity contribution in [3.8, 4) is 0 Å². The maximum atomic E-state index is 12.1. The van der Waals surface area contributed by atoms with Crippen LogP contribution in [0.15, 0.2) is 18.2 Å². The molecule has 1 heterocycles. The second-order valence-electron chi connectivity index (χ2n) is 7.57. The number of methoxy groups -OCH3 is 2. The number of hydrogen-bond acceptors (Lipinski definition) is 5. The van der Waals surface area contributed by atoms with Gasteiger partial charge in [0, 0.05) is 34.8 Å². The van der Waals surface area contributed by atoms with Gasteiger partial charge in [-0.25, -0.2) is 9.78 Å². The van der Waals surface area contributed by atoms with Crippen LogP contribution >= 0.6 is 0 Å². The molecule has 0 aliphatic carbocycles. The van der Waals surface area contributed by atoms with Gasteiger partial charge in [0.1, 0.15) is 18.1 Å². The molecule has 1 aromatic carbocycles. The molecule has 0 amide bonds. The molecule has 0 aliphatic heterocycles. The Balaban J connectivity index is 2.28. The van der Waals surface area contributed by atoms with Crippen LogP contribution in [0.2, 0.25) is 25.7 Å². The lowest BCUT2D eigenvalue weighted by atomic mass is 10.2. The Labute approximate surface area is 156 Å². The maximum Gasteiger partial charge on any atom is 0.340 e. The van der Waals surface area contributed by atoms with E-state index < -0.39 is 8.07 Å². The summed E-state index contributed by atoms with van der Waals surface area (Å²) in [4.78, 5) is 16.8. The zero-order valence-corrected chi connectivity index (χ0v) is 17.5. The minimum atomic E-state index is -1.13. The highest BCUT2D eigenvalue weighted by Gasteiger charge is 2.18. The van der Waals surface area contributed by atoms with Crippen molar-refractivity contribution >= 4 is 25.1 Å². The Hall–Kier alpha value is -1.70. The second kappa shape index (κ2) is 9.30. The van der Waals surface area contributed by atoms with Crippen LogP contribution in [0.1, 0.15) is 22.6 Å². The fourth-order valence-corrected chi connectivity index (χ4v) is 3.47. The number of ether oxygens (including phenoxy) is 3. The average molecular weight is 379 g/mol. The summed E-state index contributed by atoms with van der Waals surface area (Å²) in [6, 6.07) is 6.69. The van der Waals surface area contributed by atoms with Crippen LogP contribution in [0.25, 0.3) is 11.0 Å². The lowest BCUT2D eigenvalue weighted by Crippen LogP contribution is -2.22. The predicted octanol–water partition coefficient (Wildman–Crippen LogP) is 3.71. The summed E-state index contributed by atoms with van der Waals surface area (Å²) in [5.41, 5.74) is 2.05. The van der Waals surface area contributed by atoms with Gasteiger partial charge in [0.25, 0.3) is 0 Å². The topological polar surface area (TPSA) is 62.6 Å². The average Bonchev–Trinajstić information content (AvgIpc) is 2.95. The third-order valence-corrected chi connectivity index (χ3v) is 5.93. The first-order chi connectivity index (χ1) is 12.4. The molecule has 6 nitrogen and oxygen atoms in total. The highest BCUT2D eigenvalue weighted by Crippen LogP contribution is 2.22. The molecule has 0 unspecified atom stereocenters. The molecule has 2 aromatic rings. The van der Waals surface area contributed by atoms with E-state index in [0.29, 0.717) is 24.4 Å². The van der Waals surface area contributed by atoms with Gasteiger partial charge in [-0.1, -0.05) is 25.7 Å². The molecule has 0 spiro atoms. The van der Waals surface area contributed by atoms with E-state index in [-0.39, 0.29) is 5.97 Å². The minimum absolute atomic E-state index is 0.372. The molecule has 0 saturated heterocycles. The third-order valence-electron chi connectivity index (χ3n) is 4.23. The van der Waals surface area contributed by atoms with Crippen molar-refractivity contribution in [1.29, 1.82) is 0 Å². The van der Waals surface area contributed by atoms with Crippen LogP contribution in [-0.4, -0.2) is 51.0 Å². The number of rotatable bonds is 10. The third kappa shape index (κ3) is 5.39. The van der Waals surface area contributed by atoms with Crippen LogP contribution in [-0.2, 0) is 27.4 Å². The molecule has 0 fully saturated rings. The first-order valence-corrected chi connectivity index (χ1v) is 12.7. The first kappa shape index (κ1) is 20.6. The van der Waals surface area contributed by atoms with Crippen LogP contribution < -0.4 is 0 Å². The number of esters is 1. The zero-order valence-electron chi connectivity index (χ0n) is 16.5. The summed E-state index contributed by atoms with van der Waals surface area (Å²) in [7, 11) is 1.95. The van der Waals surface area contributed by atoms with E-state index in [4.69, 9.17) is 19.2 Å². The van der Waals surface area contributed by atoms with Gasteiger partial charge in [-0.05, 0) is 24.6 Å². The predicted molar refractivity (Wildman–Crippen MR) is 105 cm³/mol. The number of carbonyl (C=O) groups is 1. The molecule has 0 N–H and O–H groups in total. The fourth-order valence-electron chi connectivity index (χ4n) is 2.71. The van der Waals surface area contributed by atoms with Gasteiger partial charge in [-0.2, -0.15) is 0 Å². The van der Waals surface area contributed by atoms with Gasteiger partial charge < -0.3 is 18.8 Å². The second-order valence-corrected chi connectivity index (χ2v) is 13.2. The Morgan fingerprint density at radius 2 is 1.96 bits per heavy atom. The maximum absolute atomic E-state index is 12.1. The smallest absolute Gasteiger partial charge is 0.340 e. The number of para-hydroxylation sites is 1. The van der Waals surface area contributed by atoms with Gasteiger partial charge in [0.05, 0.1) is 18.2 Å². The van der Waals surface area contributed by atoms with E-state index in [1.54, 1.807) is 13.2 Å². The van der Waals surface area contributed by atoms with Crippen LogP contribution in [0.5, 0.6) is 0 Å². The lowest BCUT2D eigenvalue weighted by molar-refractivity contribution is 0.0602. The Morgan fingerprint density at radius 3 is 2.62 bits per heavy atom. The van der Waals surface area contributed by atoms with E-state index in [2.05, 4.69) is 24.2 Å². The first-order valence-electron chi connectivity index (χ1n) is 9.00. The number of hydrogen-bond donors (Lipinski definition) is 0. The molecule has 0 saturated carbocycles. The number of aromatic nitrogens is 2. The molecule has 26 heavy (non-hydrogen) atoms. The molecular weight excluding hydrogens is 348 g/mol. The number of fused-ring (bicyclic) bond motifs is 1. The largest absolute Gasteiger partial charge is 0.465 e. The van der Waals surface area contributed by atoms with Crippen LogP contribution in [0.4, 0.5) is 0 Å². The van der Waals surface area contributed by atoms with E-state index in [0.717, 1.165) is 36.8 Å². The molecule has 0 radical (unpaired) electrons. The van der Waals surface area contributed by atoms with Crippen molar-refractivity contribution in [2.75, 3.05) is 27.4 Å². The quantitative estimate of drug-likeness (QED) is 0.358. The number of imidazole rings is 1. The Bertz CT molecular complexity index is 737. The molecule has 1 aromatic heterocycles. The molecule has 2 rings (SSSR count). The van der Waals surface area contributed by atoms with Crippen LogP contribution in [0, 0.1) is 0 Å². The lowest BCUT2D eigenvalue weighted by Gasteiger charge is -2.16. The Morgan fingerprint density at radius 1 is 1.19 bits per heavy atom. The monoisotopic (exact) mass is 378 g/mol. The molecule has 7 heteroatoms. The SMILES string of the molecule is COCCCc1nc2c(C(=O)OC)cccc2n1COCC[Si](C)(C)C. The minimum Gasteiger partial charge on any atom is -0.465 e. The number of benzene rings is 1. The van der Waals surface area contributed by atoms with Gasteiger partial charge in [-0.3, -0.25) is 0 Å². The standard InChI is InChI=1S/C19H30N2O4Si/c1-23-11-7-10-17-20-18-15(19(22)24-2)8-6-9-16(18)21(17)14-25-12-13-26(3,4)5/h6,8-9H,7,10-14H2,1-5H3. The summed E-state index contributed by atoms with van der Waals surface area (Å²) >= 11 is 0. The molecule has 0 atom stereocenters. The summed E-state index contributed by atoms with van der Waals surface area (Å²) < 4.78 is 18.1. The highest BCUT2D eigenvalue weighted by molar-refractivity contribution is 6.76. The van der Waals surface area contributed by atoms with E-state index >= 15 is 0 Å². The molecule has 0 aliphatic rings. The molecule has 0 bridgehead atoms. The highest BCUT2D eigenvalue weighted by atomic mass is 28.3. The van der Waals surface area contributed by atoms with Crippen LogP contribution in [0.3, 0.4) is 0 Å². The van der Waals surface area contributed by atoms with Crippen molar-refractivity contribution < 1.29 is 19.0 Å². The van der Waals surface area contributed by atoms with Gasteiger partial charge in [0.2, 0.25) is 0 Å². The summed E-state index contributed by atoms with van der Waals surface area (Å²) in [6.07, 6.45) is 1.63. The summed E-state index contributed by atoms with van der Waals surface area (Å²) in [6.45, 7) is 8.85. The van der Waals surface area contributed by atoms with Crippen molar-refractivity contribution in [2.24, 2.45) is 0 Å². The number of aryl methyl sites for hydroxylation is 1. The summed E-state index contributed by atoms with van der Waals surface area (Å²) in [5, 5.41) is 0. The molecular formula is C19H30N2O4Si. The van der Waals surface area contributed by atoms with Gasteiger partial charge in [0.15, 0.2) is 0 Å². The normalized spacial score (nSPS) is 11.9. The van der Waals surface area contributed by atoms with E-state index in [9.17, 15) is 4.79 Å². The Kier molecular flexibility index (Phi) is 7.37. The zero-order chi connectivity index (χ0) is 19.2. The molecule has 144 valence electrons. The van der Waals surface area contributed by atoms with Crippen molar-refractivity contribution in [3.05, 3.63) is 29.6 Å². The van der Waals surface area contributed by atoms with Gasteiger partial charge >= 0.3 is 5.97 Å². The fraction of sp³-hybridized carbons (Fsp3) is 0.579. The number of nitrogens with zero attached hydrogens (tertiary/aromatic N) is 2. The van der Waals surface area contributed by atoms with E-state index in [1.165, 1.54) is 7.11 Å².